The van der Waals surface area contributed by atoms with E-state index in [4.69, 9.17) is 0 Å². The van der Waals surface area contributed by atoms with Gasteiger partial charge < -0.3 is 5.32 Å². The van der Waals surface area contributed by atoms with Crippen molar-refractivity contribution in [2.75, 3.05) is 0 Å². The molecule has 108 valence electrons. The number of rotatable bonds is 3. The molecule has 1 saturated carbocycles. The molecule has 1 aliphatic carbocycles. The van der Waals surface area contributed by atoms with Crippen molar-refractivity contribution in [3.63, 3.8) is 0 Å². The molecule has 4 nitrogen and oxygen atoms in total. The topological polar surface area (TPSA) is 46.4 Å². The lowest BCUT2D eigenvalue weighted by Crippen LogP contribution is -2.34. The van der Waals surface area contributed by atoms with Gasteiger partial charge in [0.1, 0.15) is 0 Å². The Morgan fingerprint density at radius 1 is 1.60 bits per heavy atom. The molecule has 2 heterocycles. The van der Waals surface area contributed by atoms with Crippen LogP contribution in [0.3, 0.4) is 0 Å². The van der Waals surface area contributed by atoms with Crippen molar-refractivity contribution in [3.05, 3.63) is 23.0 Å². The summed E-state index contributed by atoms with van der Waals surface area (Å²) >= 11 is 1.59. The number of hydrogen-bond acceptors (Lipinski definition) is 3. The van der Waals surface area contributed by atoms with Crippen LogP contribution in [0.15, 0.2) is 11.6 Å². The van der Waals surface area contributed by atoms with Gasteiger partial charge in [-0.1, -0.05) is 13.8 Å². The number of imidazole rings is 1. The van der Waals surface area contributed by atoms with E-state index in [1.165, 1.54) is 6.42 Å². The summed E-state index contributed by atoms with van der Waals surface area (Å²) in [6, 6.07) is 0.344. The summed E-state index contributed by atoms with van der Waals surface area (Å²) in [5, 5.41) is 5.20. The van der Waals surface area contributed by atoms with Gasteiger partial charge in [-0.3, -0.25) is 9.20 Å². The van der Waals surface area contributed by atoms with Gasteiger partial charge in [0.2, 0.25) is 5.91 Å². The highest BCUT2D eigenvalue weighted by atomic mass is 32.1. The number of aromatic nitrogens is 2. The summed E-state index contributed by atoms with van der Waals surface area (Å²) in [5.74, 6) is 0.124. The molecular formula is C15H21N3OS. The van der Waals surface area contributed by atoms with Crippen molar-refractivity contribution in [2.45, 2.75) is 52.5 Å². The lowest BCUT2D eigenvalue weighted by Gasteiger charge is -2.17. The fourth-order valence-electron chi connectivity index (χ4n) is 3.07. The normalized spacial score (nSPS) is 21.4. The second-order valence-electron chi connectivity index (χ2n) is 6.61. The predicted octanol–water partition coefficient (Wildman–Crippen LogP) is 2.94. The summed E-state index contributed by atoms with van der Waals surface area (Å²) in [7, 11) is 0. The van der Waals surface area contributed by atoms with E-state index >= 15 is 0 Å². The van der Waals surface area contributed by atoms with Crippen molar-refractivity contribution in [2.24, 2.45) is 5.41 Å². The predicted molar refractivity (Wildman–Crippen MR) is 81.1 cm³/mol. The molecular weight excluding hydrogens is 270 g/mol. The maximum atomic E-state index is 12.2. The highest BCUT2D eigenvalue weighted by molar-refractivity contribution is 7.15. The average Bonchev–Trinajstić information content (AvgIpc) is 2.96. The molecule has 1 fully saturated rings. The molecule has 1 atom stereocenters. The summed E-state index contributed by atoms with van der Waals surface area (Å²) in [6.45, 7) is 6.52. The molecule has 20 heavy (non-hydrogen) atoms. The van der Waals surface area contributed by atoms with Crippen LogP contribution in [0.1, 0.15) is 44.5 Å². The Morgan fingerprint density at radius 2 is 2.40 bits per heavy atom. The third-order valence-electron chi connectivity index (χ3n) is 4.08. The average molecular weight is 291 g/mol. The molecule has 2 aromatic heterocycles. The molecule has 1 unspecified atom stereocenters. The zero-order valence-electron chi connectivity index (χ0n) is 12.3. The van der Waals surface area contributed by atoms with Crippen LogP contribution in [-0.2, 0) is 11.2 Å². The van der Waals surface area contributed by atoms with Crippen LogP contribution < -0.4 is 5.32 Å². The number of carbonyl (C=O) groups is 1. The molecule has 1 amide bonds. The van der Waals surface area contributed by atoms with Crippen molar-refractivity contribution in [1.29, 1.82) is 0 Å². The Morgan fingerprint density at radius 3 is 3.10 bits per heavy atom. The molecule has 3 rings (SSSR count). The molecule has 0 saturated heterocycles. The second kappa shape index (κ2) is 4.88. The first-order valence-corrected chi connectivity index (χ1v) is 8.02. The van der Waals surface area contributed by atoms with E-state index < -0.39 is 0 Å². The van der Waals surface area contributed by atoms with E-state index in [9.17, 15) is 4.79 Å². The molecule has 5 heteroatoms. The fraction of sp³-hybridized carbons (Fsp3) is 0.600. The van der Waals surface area contributed by atoms with Crippen LogP contribution in [0.4, 0.5) is 0 Å². The number of aryl methyl sites for hydroxylation is 1. The number of nitrogens with zero attached hydrogens (tertiary/aromatic N) is 2. The minimum Gasteiger partial charge on any atom is -0.353 e. The molecule has 0 aromatic carbocycles. The first-order valence-electron chi connectivity index (χ1n) is 7.14. The lowest BCUT2D eigenvalue weighted by atomic mass is 9.92. The zero-order valence-corrected chi connectivity index (χ0v) is 13.1. The van der Waals surface area contributed by atoms with Crippen molar-refractivity contribution >= 4 is 22.2 Å². The number of carbonyl (C=O) groups excluding carboxylic acids is 1. The van der Waals surface area contributed by atoms with Crippen molar-refractivity contribution in [1.82, 2.24) is 14.7 Å². The fourth-order valence-corrected chi connectivity index (χ4v) is 3.99. The first kappa shape index (κ1) is 13.6. The van der Waals surface area contributed by atoms with E-state index in [0.717, 1.165) is 29.2 Å². The SMILES string of the molecule is Cc1cn2c(CC(=O)NC3CCC(C)(C)C3)csc2n1. The Balaban J connectivity index is 1.64. The van der Waals surface area contributed by atoms with Gasteiger partial charge in [0.05, 0.1) is 12.1 Å². The number of fused-ring (bicyclic) bond motifs is 1. The van der Waals surface area contributed by atoms with Gasteiger partial charge >= 0.3 is 0 Å². The standard InChI is InChI=1S/C15H21N3OS/c1-10-8-18-12(9-20-14(18)16-10)6-13(19)17-11-4-5-15(2,3)7-11/h8-9,11H,4-7H2,1-3H3,(H,17,19). The maximum Gasteiger partial charge on any atom is 0.226 e. The summed E-state index contributed by atoms with van der Waals surface area (Å²) in [4.78, 5) is 17.6. The molecule has 2 aromatic rings. The van der Waals surface area contributed by atoms with Crippen LogP contribution in [-0.4, -0.2) is 21.3 Å². The number of amides is 1. The molecule has 1 aliphatic rings. The van der Waals surface area contributed by atoms with Crippen LogP contribution in [0, 0.1) is 12.3 Å². The third-order valence-corrected chi connectivity index (χ3v) is 4.97. The molecule has 0 spiro atoms. The van der Waals surface area contributed by atoms with Gasteiger partial charge in [-0.2, -0.15) is 0 Å². The maximum absolute atomic E-state index is 12.2. The van der Waals surface area contributed by atoms with Gasteiger partial charge in [-0.15, -0.1) is 11.3 Å². The molecule has 1 N–H and O–H groups in total. The van der Waals surface area contributed by atoms with Gasteiger partial charge in [-0.05, 0) is 31.6 Å². The summed E-state index contributed by atoms with van der Waals surface area (Å²) in [5.41, 5.74) is 2.39. The lowest BCUT2D eigenvalue weighted by molar-refractivity contribution is -0.121. The van der Waals surface area contributed by atoms with E-state index in [1.807, 2.05) is 22.9 Å². The smallest absolute Gasteiger partial charge is 0.226 e. The molecule has 0 aliphatic heterocycles. The van der Waals surface area contributed by atoms with Gasteiger partial charge in [0.25, 0.3) is 0 Å². The van der Waals surface area contributed by atoms with Gasteiger partial charge in [-0.25, -0.2) is 4.98 Å². The monoisotopic (exact) mass is 291 g/mol. The van der Waals surface area contributed by atoms with Gasteiger partial charge in [0, 0.05) is 23.3 Å². The third kappa shape index (κ3) is 2.73. The van der Waals surface area contributed by atoms with Crippen LogP contribution >= 0.6 is 11.3 Å². The Bertz CT molecular complexity index is 641. The summed E-state index contributed by atoms with van der Waals surface area (Å²) < 4.78 is 2.03. The molecule has 0 bridgehead atoms. The van der Waals surface area contributed by atoms with E-state index in [0.29, 0.717) is 17.9 Å². The highest BCUT2D eigenvalue weighted by Crippen LogP contribution is 2.36. The number of nitrogens with one attached hydrogen (secondary N) is 1. The number of hydrogen-bond donors (Lipinski definition) is 1. The Kier molecular flexibility index (Phi) is 3.32. The second-order valence-corrected chi connectivity index (χ2v) is 7.45. The summed E-state index contributed by atoms with van der Waals surface area (Å²) in [6.07, 6.45) is 5.81. The first-order chi connectivity index (χ1) is 9.43. The minimum atomic E-state index is 0.124. The van der Waals surface area contributed by atoms with E-state index in [1.54, 1.807) is 11.3 Å². The molecule has 0 radical (unpaired) electrons. The highest BCUT2D eigenvalue weighted by Gasteiger charge is 2.31. The largest absolute Gasteiger partial charge is 0.353 e. The zero-order chi connectivity index (χ0) is 14.3. The Hall–Kier alpha value is -1.36. The van der Waals surface area contributed by atoms with E-state index in [-0.39, 0.29) is 5.91 Å². The van der Waals surface area contributed by atoms with Crippen LogP contribution in [0.2, 0.25) is 0 Å². The van der Waals surface area contributed by atoms with Crippen molar-refractivity contribution < 1.29 is 4.79 Å². The van der Waals surface area contributed by atoms with Crippen LogP contribution in [0.5, 0.6) is 0 Å². The number of thiazole rings is 1. The Labute approximate surface area is 123 Å². The van der Waals surface area contributed by atoms with Crippen molar-refractivity contribution in [3.8, 4) is 0 Å². The van der Waals surface area contributed by atoms with E-state index in [2.05, 4.69) is 24.1 Å². The quantitative estimate of drug-likeness (QED) is 0.945. The van der Waals surface area contributed by atoms with Crippen LogP contribution in [0.25, 0.3) is 4.96 Å². The minimum absolute atomic E-state index is 0.124. The van der Waals surface area contributed by atoms with Gasteiger partial charge in [0.15, 0.2) is 4.96 Å².